The summed E-state index contributed by atoms with van der Waals surface area (Å²) < 4.78 is 11.8. The van der Waals surface area contributed by atoms with Crippen LogP contribution in [0.2, 0.25) is 0 Å². The van der Waals surface area contributed by atoms with Crippen molar-refractivity contribution >= 4 is 11.7 Å². The van der Waals surface area contributed by atoms with Gasteiger partial charge in [0.2, 0.25) is 0 Å². The minimum atomic E-state index is -0.568. The highest BCUT2D eigenvalue weighted by Crippen LogP contribution is 2.17. The topological polar surface area (TPSA) is 82.5 Å². The third-order valence-corrected chi connectivity index (χ3v) is 3.95. The number of rotatable bonds is 6. The molecule has 0 bridgehead atoms. The average molecular weight is 343 g/mol. The summed E-state index contributed by atoms with van der Waals surface area (Å²) in [6, 6.07) is 10.3. The molecule has 1 saturated heterocycles. The van der Waals surface area contributed by atoms with Crippen molar-refractivity contribution < 1.29 is 14.3 Å². The normalized spacial score (nSPS) is 16.6. The summed E-state index contributed by atoms with van der Waals surface area (Å²) in [7, 11) is 0. The molecule has 1 N–H and O–H groups in total. The number of benzene rings is 1. The third kappa shape index (κ3) is 4.06. The minimum absolute atomic E-state index is 0.0756. The number of carbonyl (C=O) groups excluding carboxylic acids is 1. The molecule has 25 heavy (non-hydrogen) atoms. The molecule has 1 fully saturated rings. The lowest BCUT2D eigenvalue weighted by Gasteiger charge is -2.15. The Morgan fingerprint density at radius 2 is 2.20 bits per heavy atom. The maximum atomic E-state index is 12.4. The SMILES string of the molecule is CCOC(=O)c1nn(-c2ccccc2)c(=O)cc1NCC1CCCO1. The van der Waals surface area contributed by atoms with Crippen LogP contribution in [0.5, 0.6) is 0 Å². The van der Waals surface area contributed by atoms with Crippen LogP contribution in [0, 0.1) is 0 Å². The summed E-state index contributed by atoms with van der Waals surface area (Å²) in [5, 5.41) is 7.34. The highest BCUT2D eigenvalue weighted by molar-refractivity contribution is 5.93. The van der Waals surface area contributed by atoms with Gasteiger partial charge in [-0.25, -0.2) is 4.79 Å². The number of anilines is 1. The van der Waals surface area contributed by atoms with E-state index in [4.69, 9.17) is 9.47 Å². The molecule has 3 rings (SSSR count). The molecule has 1 aliphatic heterocycles. The van der Waals surface area contributed by atoms with Crippen molar-refractivity contribution in [1.29, 1.82) is 0 Å². The molecule has 0 saturated carbocycles. The molecule has 7 heteroatoms. The van der Waals surface area contributed by atoms with Crippen molar-refractivity contribution in [3.8, 4) is 5.69 Å². The van der Waals surface area contributed by atoms with Crippen LogP contribution < -0.4 is 10.9 Å². The van der Waals surface area contributed by atoms with Gasteiger partial charge in [0.1, 0.15) is 0 Å². The molecule has 2 heterocycles. The van der Waals surface area contributed by atoms with Gasteiger partial charge in [0.15, 0.2) is 5.69 Å². The smallest absolute Gasteiger partial charge is 0.360 e. The molecule has 1 atom stereocenters. The van der Waals surface area contributed by atoms with E-state index in [1.165, 1.54) is 10.7 Å². The average Bonchev–Trinajstić information content (AvgIpc) is 3.14. The van der Waals surface area contributed by atoms with Gasteiger partial charge in [-0.05, 0) is 31.9 Å². The first-order valence-electron chi connectivity index (χ1n) is 8.41. The summed E-state index contributed by atoms with van der Waals surface area (Å²) in [6.07, 6.45) is 2.05. The number of ether oxygens (including phenoxy) is 2. The lowest BCUT2D eigenvalue weighted by Crippen LogP contribution is -2.27. The molecule has 1 aliphatic rings. The van der Waals surface area contributed by atoms with Crippen molar-refractivity contribution in [2.45, 2.75) is 25.9 Å². The second kappa shape index (κ2) is 7.94. The Morgan fingerprint density at radius 1 is 1.40 bits per heavy atom. The molecule has 132 valence electrons. The van der Waals surface area contributed by atoms with Crippen LogP contribution in [-0.2, 0) is 9.47 Å². The zero-order chi connectivity index (χ0) is 17.6. The number of nitrogens with zero attached hydrogens (tertiary/aromatic N) is 2. The Morgan fingerprint density at radius 3 is 2.88 bits per heavy atom. The number of nitrogens with one attached hydrogen (secondary N) is 1. The fourth-order valence-electron chi connectivity index (χ4n) is 2.72. The van der Waals surface area contributed by atoms with E-state index in [1.807, 2.05) is 6.07 Å². The molecular formula is C18H21N3O4. The van der Waals surface area contributed by atoms with Gasteiger partial charge >= 0.3 is 5.97 Å². The number of para-hydroxylation sites is 1. The Labute approximate surface area is 145 Å². The Bertz CT molecular complexity index is 783. The van der Waals surface area contributed by atoms with E-state index in [1.54, 1.807) is 31.2 Å². The van der Waals surface area contributed by atoms with Crippen LogP contribution in [0.15, 0.2) is 41.2 Å². The Hall–Kier alpha value is -2.67. The van der Waals surface area contributed by atoms with Gasteiger partial charge in [-0.1, -0.05) is 18.2 Å². The lowest BCUT2D eigenvalue weighted by atomic mass is 10.2. The summed E-state index contributed by atoms with van der Waals surface area (Å²) in [5.41, 5.74) is 0.715. The number of esters is 1. The predicted octanol–water partition coefficient (Wildman–Crippen LogP) is 2.00. The molecule has 1 unspecified atom stereocenters. The van der Waals surface area contributed by atoms with Crippen LogP contribution >= 0.6 is 0 Å². The molecule has 0 radical (unpaired) electrons. The minimum Gasteiger partial charge on any atom is -0.461 e. The fourth-order valence-corrected chi connectivity index (χ4v) is 2.72. The van der Waals surface area contributed by atoms with Crippen molar-refractivity contribution in [2.24, 2.45) is 0 Å². The van der Waals surface area contributed by atoms with Crippen molar-refractivity contribution in [1.82, 2.24) is 9.78 Å². The van der Waals surface area contributed by atoms with Crippen LogP contribution in [0.25, 0.3) is 5.69 Å². The molecule has 1 aromatic heterocycles. The van der Waals surface area contributed by atoms with E-state index in [9.17, 15) is 9.59 Å². The quantitative estimate of drug-likeness (QED) is 0.808. The Kier molecular flexibility index (Phi) is 5.45. The van der Waals surface area contributed by atoms with Crippen molar-refractivity contribution in [3.05, 3.63) is 52.4 Å². The van der Waals surface area contributed by atoms with Gasteiger partial charge in [-0.2, -0.15) is 9.78 Å². The van der Waals surface area contributed by atoms with Crippen LogP contribution in [0.1, 0.15) is 30.3 Å². The number of hydrogen-bond acceptors (Lipinski definition) is 6. The van der Waals surface area contributed by atoms with Crippen LogP contribution in [0.4, 0.5) is 5.69 Å². The van der Waals surface area contributed by atoms with Crippen molar-refractivity contribution in [2.75, 3.05) is 25.1 Å². The van der Waals surface area contributed by atoms with Crippen molar-refractivity contribution in [3.63, 3.8) is 0 Å². The molecule has 0 amide bonds. The maximum absolute atomic E-state index is 12.4. The molecule has 1 aromatic carbocycles. The zero-order valence-corrected chi connectivity index (χ0v) is 14.1. The second-order valence-electron chi connectivity index (χ2n) is 5.73. The first-order chi connectivity index (χ1) is 12.2. The molecular weight excluding hydrogens is 322 g/mol. The second-order valence-corrected chi connectivity index (χ2v) is 5.73. The van der Waals surface area contributed by atoms with Gasteiger partial charge in [0.25, 0.3) is 5.56 Å². The van der Waals surface area contributed by atoms with Gasteiger partial charge in [-0.15, -0.1) is 0 Å². The van der Waals surface area contributed by atoms with E-state index < -0.39 is 5.97 Å². The van der Waals surface area contributed by atoms with Gasteiger partial charge in [0.05, 0.1) is 24.1 Å². The zero-order valence-electron chi connectivity index (χ0n) is 14.1. The highest BCUT2D eigenvalue weighted by atomic mass is 16.5. The van der Waals surface area contributed by atoms with E-state index in [0.29, 0.717) is 17.9 Å². The maximum Gasteiger partial charge on any atom is 0.360 e. The predicted molar refractivity (Wildman–Crippen MR) is 93.3 cm³/mol. The highest BCUT2D eigenvalue weighted by Gasteiger charge is 2.21. The van der Waals surface area contributed by atoms with Gasteiger partial charge < -0.3 is 14.8 Å². The first-order valence-corrected chi connectivity index (χ1v) is 8.41. The van der Waals surface area contributed by atoms with E-state index in [2.05, 4.69) is 10.4 Å². The summed E-state index contributed by atoms with van der Waals surface area (Å²) in [5.74, 6) is -0.568. The first kappa shape index (κ1) is 17.2. The van der Waals surface area contributed by atoms with E-state index in [0.717, 1.165) is 19.4 Å². The molecule has 0 spiro atoms. The van der Waals surface area contributed by atoms with E-state index >= 15 is 0 Å². The largest absolute Gasteiger partial charge is 0.461 e. The standard InChI is InChI=1S/C18H21N3O4/c1-2-24-18(23)17-15(19-12-14-9-6-10-25-14)11-16(22)21(20-17)13-7-4-3-5-8-13/h3-5,7-8,11,14,19H,2,6,9-10,12H2,1H3. The Balaban J connectivity index is 1.94. The third-order valence-electron chi connectivity index (χ3n) is 3.95. The van der Waals surface area contributed by atoms with Crippen LogP contribution in [-0.4, -0.2) is 41.6 Å². The molecule has 2 aromatic rings. The van der Waals surface area contributed by atoms with Gasteiger partial charge in [0, 0.05) is 19.2 Å². The number of aromatic nitrogens is 2. The molecule has 0 aliphatic carbocycles. The monoisotopic (exact) mass is 343 g/mol. The van der Waals surface area contributed by atoms with Crippen LogP contribution in [0.3, 0.4) is 0 Å². The number of carbonyl (C=O) groups is 1. The number of hydrogen-bond donors (Lipinski definition) is 1. The summed E-state index contributed by atoms with van der Waals surface area (Å²) >= 11 is 0. The summed E-state index contributed by atoms with van der Waals surface area (Å²) in [4.78, 5) is 24.7. The summed E-state index contributed by atoms with van der Waals surface area (Å²) in [6.45, 7) is 3.22. The molecule has 7 nitrogen and oxygen atoms in total. The lowest BCUT2D eigenvalue weighted by molar-refractivity contribution is 0.0518. The van der Waals surface area contributed by atoms with E-state index in [-0.39, 0.29) is 24.0 Å². The fraction of sp³-hybridized carbons (Fsp3) is 0.389. The van der Waals surface area contributed by atoms with Gasteiger partial charge in [-0.3, -0.25) is 4.79 Å².